The van der Waals surface area contributed by atoms with Gasteiger partial charge in [0.2, 0.25) is 11.6 Å². The average molecular weight is 286 g/mol. The molecule has 21 heavy (non-hydrogen) atoms. The van der Waals surface area contributed by atoms with Gasteiger partial charge in [-0.3, -0.25) is 0 Å². The van der Waals surface area contributed by atoms with Gasteiger partial charge in [0.1, 0.15) is 0 Å². The summed E-state index contributed by atoms with van der Waals surface area (Å²) in [4.78, 5) is 11.7. The molecule has 1 aromatic rings. The van der Waals surface area contributed by atoms with Crippen molar-refractivity contribution in [3.63, 3.8) is 0 Å². The number of benzene rings is 1. The van der Waals surface area contributed by atoms with Crippen LogP contribution < -0.4 is 0 Å². The Morgan fingerprint density at radius 3 is 2.10 bits per heavy atom. The first kappa shape index (κ1) is 12.6. The van der Waals surface area contributed by atoms with Gasteiger partial charge in [-0.15, -0.1) is 0 Å². The molecule has 1 aliphatic heterocycles. The fraction of sp³-hybridized carbons (Fsp3) is 0.667. The highest BCUT2D eigenvalue weighted by Gasteiger charge is 2.66. The van der Waals surface area contributed by atoms with Crippen LogP contribution in [0.5, 0.6) is 0 Å². The van der Waals surface area contributed by atoms with Gasteiger partial charge in [-0.05, 0) is 50.9 Å². The van der Waals surface area contributed by atoms with Crippen LogP contribution in [-0.2, 0) is 20.3 Å². The van der Waals surface area contributed by atoms with Gasteiger partial charge >= 0.3 is 0 Å². The first-order valence-corrected chi connectivity index (χ1v) is 8.30. The molecular formula is C18H22O3. The van der Waals surface area contributed by atoms with Crippen molar-refractivity contribution in [1.29, 1.82) is 0 Å². The van der Waals surface area contributed by atoms with Crippen LogP contribution in [0.4, 0.5) is 0 Å². The lowest BCUT2D eigenvalue weighted by Gasteiger charge is -2.57. The maximum Gasteiger partial charge on any atom is 0.227 e. The zero-order chi connectivity index (χ0) is 14.1. The highest BCUT2D eigenvalue weighted by Crippen LogP contribution is 2.63. The maximum absolute atomic E-state index is 6.55. The quantitative estimate of drug-likeness (QED) is 0.731. The Morgan fingerprint density at radius 2 is 1.48 bits per heavy atom. The monoisotopic (exact) mass is 286 g/mol. The lowest BCUT2D eigenvalue weighted by Crippen LogP contribution is -2.58. The second kappa shape index (κ2) is 4.09. The lowest BCUT2D eigenvalue weighted by atomic mass is 9.53. The van der Waals surface area contributed by atoms with Gasteiger partial charge in [-0.25, -0.2) is 0 Å². The third-order valence-corrected chi connectivity index (χ3v) is 6.26. The smallest absolute Gasteiger partial charge is 0.227 e. The van der Waals surface area contributed by atoms with E-state index in [2.05, 4.69) is 12.1 Å². The van der Waals surface area contributed by atoms with Gasteiger partial charge in [-0.2, -0.15) is 9.78 Å². The standard InChI is InChI=1S/C18H22O3/c1-17(14-5-3-2-4-6-14)19-18(21-20-17)15-8-12-7-13(10-15)11-16(18)9-12/h2-6,12-13,15-16H,7-11H2,1H3. The van der Waals surface area contributed by atoms with E-state index in [1.54, 1.807) is 0 Å². The lowest BCUT2D eigenvalue weighted by molar-refractivity contribution is -0.389. The minimum Gasteiger partial charge on any atom is -0.308 e. The molecule has 6 rings (SSSR count). The Kier molecular flexibility index (Phi) is 2.46. The van der Waals surface area contributed by atoms with E-state index in [9.17, 15) is 0 Å². The zero-order valence-electron chi connectivity index (χ0n) is 12.5. The molecule has 0 radical (unpaired) electrons. The average Bonchev–Trinajstić information content (AvgIpc) is 2.86. The summed E-state index contributed by atoms with van der Waals surface area (Å²) in [5.74, 6) is 1.57. The van der Waals surface area contributed by atoms with Crippen molar-refractivity contribution in [2.45, 2.75) is 50.6 Å². The Morgan fingerprint density at radius 1 is 0.857 bits per heavy atom. The van der Waals surface area contributed by atoms with Crippen LogP contribution in [0.25, 0.3) is 0 Å². The van der Waals surface area contributed by atoms with Crippen LogP contribution in [-0.4, -0.2) is 5.79 Å². The molecule has 0 aromatic heterocycles. The number of hydrogen-bond donors (Lipinski definition) is 0. The molecule has 1 saturated heterocycles. The van der Waals surface area contributed by atoms with E-state index < -0.39 is 11.6 Å². The predicted octanol–water partition coefficient (Wildman–Crippen LogP) is 3.99. The first-order valence-electron chi connectivity index (χ1n) is 8.30. The number of ether oxygens (including phenoxy) is 1. The van der Waals surface area contributed by atoms with Gasteiger partial charge < -0.3 is 4.74 Å². The molecule has 0 N–H and O–H groups in total. The maximum atomic E-state index is 6.55. The van der Waals surface area contributed by atoms with Crippen LogP contribution in [0.2, 0.25) is 0 Å². The van der Waals surface area contributed by atoms with Crippen LogP contribution in [0.3, 0.4) is 0 Å². The van der Waals surface area contributed by atoms with Crippen LogP contribution in [0, 0.1) is 23.7 Å². The molecular weight excluding hydrogens is 264 g/mol. The molecule has 5 fully saturated rings. The Balaban J connectivity index is 1.50. The van der Waals surface area contributed by atoms with Crippen molar-refractivity contribution >= 4 is 0 Å². The summed E-state index contributed by atoms with van der Waals surface area (Å²) in [6.07, 6.45) is 6.44. The van der Waals surface area contributed by atoms with E-state index >= 15 is 0 Å². The van der Waals surface area contributed by atoms with E-state index in [0.29, 0.717) is 11.8 Å². The summed E-state index contributed by atoms with van der Waals surface area (Å²) in [6, 6.07) is 10.2. The molecule has 112 valence electrons. The molecule has 3 nitrogen and oxygen atoms in total. The Bertz CT molecular complexity index is 527. The topological polar surface area (TPSA) is 27.7 Å². The molecule has 5 aliphatic rings. The van der Waals surface area contributed by atoms with Crippen molar-refractivity contribution in [2.24, 2.45) is 23.7 Å². The highest BCUT2D eigenvalue weighted by molar-refractivity contribution is 5.20. The van der Waals surface area contributed by atoms with Crippen molar-refractivity contribution in [2.75, 3.05) is 0 Å². The molecule has 1 unspecified atom stereocenters. The Hall–Kier alpha value is -0.900. The minimum absolute atomic E-state index is 0.488. The molecule has 4 aliphatic carbocycles. The van der Waals surface area contributed by atoms with E-state index in [4.69, 9.17) is 14.5 Å². The molecule has 1 heterocycles. The first-order chi connectivity index (χ1) is 10.2. The Labute approximate surface area is 125 Å². The number of hydrogen-bond acceptors (Lipinski definition) is 3. The van der Waals surface area contributed by atoms with Gasteiger partial charge in [0.15, 0.2) is 0 Å². The van der Waals surface area contributed by atoms with E-state index in [0.717, 1.165) is 17.4 Å². The molecule has 1 atom stereocenters. The largest absolute Gasteiger partial charge is 0.308 e. The molecule has 1 spiro atoms. The fourth-order valence-electron chi connectivity index (χ4n) is 5.47. The van der Waals surface area contributed by atoms with Crippen LogP contribution >= 0.6 is 0 Å². The van der Waals surface area contributed by atoms with Gasteiger partial charge in [0.05, 0.1) is 0 Å². The third kappa shape index (κ3) is 1.65. The molecule has 1 aromatic carbocycles. The van der Waals surface area contributed by atoms with E-state index in [-0.39, 0.29) is 0 Å². The SMILES string of the molecule is CC1(c2ccccc2)OOC2(O1)C1CC3CC(C1)CC2C3. The van der Waals surface area contributed by atoms with Crippen molar-refractivity contribution < 1.29 is 14.5 Å². The molecule has 4 saturated carbocycles. The predicted molar refractivity (Wildman–Crippen MR) is 76.8 cm³/mol. The molecule has 3 heteroatoms. The van der Waals surface area contributed by atoms with E-state index in [1.165, 1.54) is 32.1 Å². The van der Waals surface area contributed by atoms with Crippen molar-refractivity contribution in [3.05, 3.63) is 35.9 Å². The van der Waals surface area contributed by atoms with Crippen LogP contribution in [0.15, 0.2) is 30.3 Å². The second-order valence-corrected chi connectivity index (χ2v) is 7.61. The molecule has 0 amide bonds. The molecule has 4 bridgehead atoms. The second-order valence-electron chi connectivity index (χ2n) is 7.61. The summed E-state index contributed by atoms with van der Waals surface area (Å²) in [5, 5.41) is 0. The van der Waals surface area contributed by atoms with Gasteiger partial charge in [-0.1, -0.05) is 30.3 Å². The van der Waals surface area contributed by atoms with E-state index in [1.807, 2.05) is 25.1 Å². The summed E-state index contributed by atoms with van der Waals surface area (Å²) >= 11 is 0. The summed E-state index contributed by atoms with van der Waals surface area (Å²) in [6.45, 7) is 1.99. The summed E-state index contributed by atoms with van der Waals surface area (Å²) < 4.78 is 6.55. The van der Waals surface area contributed by atoms with Gasteiger partial charge in [0.25, 0.3) is 0 Å². The zero-order valence-corrected chi connectivity index (χ0v) is 12.5. The van der Waals surface area contributed by atoms with Crippen molar-refractivity contribution in [1.82, 2.24) is 0 Å². The highest BCUT2D eigenvalue weighted by atomic mass is 17.3. The number of rotatable bonds is 1. The van der Waals surface area contributed by atoms with Crippen molar-refractivity contribution in [3.8, 4) is 0 Å². The summed E-state index contributed by atoms with van der Waals surface area (Å²) in [5.41, 5.74) is 1.04. The van der Waals surface area contributed by atoms with Gasteiger partial charge in [0, 0.05) is 17.4 Å². The third-order valence-electron chi connectivity index (χ3n) is 6.26. The normalized spacial score (nSPS) is 50.9. The fourth-order valence-corrected chi connectivity index (χ4v) is 5.47. The van der Waals surface area contributed by atoms with Crippen LogP contribution in [0.1, 0.15) is 44.6 Å². The summed E-state index contributed by atoms with van der Waals surface area (Å²) in [7, 11) is 0. The minimum atomic E-state index is -0.767.